The van der Waals surface area contributed by atoms with Crippen LogP contribution in [0.4, 0.5) is 5.69 Å². The smallest absolute Gasteiger partial charge is 0.271 e. The van der Waals surface area contributed by atoms with Crippen LogP contribution in [0.3, 0.4) is 0 Å². The summed E-state index contributed by atoms with van der Waals surface area (Å²) < 4.78 is 0. The van der Waals surface area contributed by atoms with Crippen LogP contribution < -0.4 is 15.6 Å². The molecule has 0 radical (unpaired) electrons. The number of amides is 3. The number of fused-ring (bicyclic) bond motifs is 1. The molecule has 7 nitrogen and oxygen atoms in total. The second kappa shape index (κ2) is 8.45. The molecule has 3 aromatic carbocycles. The SMILES string of the molecule is Cc1ccc(N2C(=O)[C@@H](/C=N/NC(=O)c3cccc4ccccc34)C(=O)NC2=S)cc1. The van der Waals surface area contributed by atoms with Crippen LogP contribution >= 0.6 is 12.2 Å². The van der Waals surface area contributed by atoms with E-state index < -0.39 is 23.6 Å². The van der Waals surface area contributed by atoms with E-state index in [4.69, 9.17) is 12.2 Å². The predicted octanol–water partition coefficient (Wildman–Crippen LogP) is 2.93. The minimum Gasteiger partial charge on any atom is -0.301 e. The zero-order chi connectivity index (χ0) is 22.0. The van der Waals surface area contributed by atoms with Gasteiger partial charge in [-0.25, -0.2) is 5.43 Å². The Kier molecular flexibility index (Phi) is 5.55. The molecular weight excluding hydrogens is 412 g/mol. The molecule has 1 saturated heterocycles. The third-order valence-corrected chi connectivity index (χ3v) is 5.20. The molecule has 8 heteroatoms. The Hall–Kier alpha value is -3.91. The maximum absolute atomic E-state index is 12.9. The van der Waals surface area contributed by atoms with Crippen molar-refractivity contribution in [1.29, 1.82) is 0 Å². The van der Waals surface area contributed by atoms with Crippen molar-refractivity contribution in [2.24, 2.45) is 11.0 Å². The molecule has 1 fully saturated rings. The van der Waals surface area contributed by atoms with Gasteiger partial charge in [0.2, 0.25) is 5.91 Å². The highest BCUT2D eigenvalue weighted by Crippen LogP contribution is 2.21. The molecule has 0 aliphatic carbocycles. The van der Waals surface area contributed by atoms with Crippen LogP contribution in [0, 0.1) is 12.8 Å². The van der Waals surface area contributed by atoms with E-state index in [1.807, 2.05) is 49.4 Å². The summed E-state index contributed by atoms with van der Waals surface area (Å²) in [4.78, 5) is 39.1. The largest absolute Gasteiger partial charge is 0.301 e. The van der Waals surface area contributed by atoms with E-state index in [2.05, 4.69) is 15.8 Å². The summed E-state index contributed by atoms with van der Waals surface area (Å²) >= 11 is 5.17. The highest BCUT2D eigenvalue weighted by molar-refractivity contribution is 7.80. The van der Waals surface area contributed by atoms with Crippen molar-refractivity contribution >= 4 is 57.7 Å². The Morgan fingerprint density at radius 2 is 1.77 bits per heavy atom. The van der Waals surface area contributed by atoms with Gasteiger partial charge in [0.15, 0.2) is 11.0 Å². The van der Waals surface area contributed by atoms with Gasteiger partial charge in [0, 0.05) is 11.8 Å². The summed E-state index contributed by atoms with van der Waals surface area (Å²) in [6.45, 7) is 1.93. The normalized spacial score (nSPS) is 16.6. The van der Waals surface area contributed by atoms with Crippen LogP contribution in [0.2, 0.25) is 0 Å². The lowest BCUT2D eigenvalue weighted by Crippen LogP contribution is -2.58. The summed E-state index contributed by atoms with van der Waals surface area (Å²) in [5.74, 6) is -2.80. The Bertz CT molecular complexity index is 1230. The van der Waals surface area contributed by atoms with Crippen molar-refractivity contribution in [2.75, 3.05) is 4.90 Å². The molecule has 0 unspecified atom stereocenters. The van der Waals surface area contributed by atoms with Gasteiger partial charge in [-0.2, -0.15) is 5.10 Å². The summed E-state index contributed by atoms with van der Waals surface area (Å²) in [6, 6.07) is 20.0. The minimum absolute atomic E-state index is 0.00305. The number of hydrogen-bond donors (Lipinski definition) is 2. The summed E-state index contributed by atoms with van der Waals surface area (Å²) in [5, 5.41) is 8.08. The molecule has 31 heavy (non-hydrogen) atoms. The van der Waals surface area contributed by atoms with Crippen LogP contribution in [-0.4, -0.2) is 29.0 Å². The molecule has 0 saturated carbocycles. The fourth-order valence-electron chi connectivity index (χ4n) is 3.31. The number of anilines is 1. The maximum Gasteiger partial charge on any atom is 0.271 e. The average Bonchev–Trinajstić information content (AvgIpc) is 2.76. The second-order valence-corrected chi connectivity index (χ2v) is 7.41. The second-order valence-electron chi connectivity index (χ2n) is 7.03. The van der Waals surface area contributed by atoms with E-state index in [1.54, 1.807) is 24.3 Å². The Morgan fingerprint density at radius 1 is 1.06 bits per heavy atom. The first-order chi connectivity index (χ1) is 15.0. The molecule has 1 heterocycles. The molecule has 0 bridgehead atoms. The van der Waals surface area contributed by atoms with Crippen LogP contribution in [0.15, 0.2) is 71.8 Å². The lowest BCUT2D eigenvalue weighted by molar-refractivity contribution is -0.130. The number of hydrogen-bond acceptors (Lipinski definition) is 5. The number of carbonyl (C=O) groups excluding carboxylic acids is 3. The predicted molar refractivity (Wildman–Crippen MR) is 123 cm³/mol. The van der Waals surface area contributed by atoms with Crippen LogP contribution in [0.5, 0.6) is 0 Å². The third kappa shape index (κ3) is 4.06. The maximum atomic E-state index is 12.9. The van der Waals surface area contributed by atoms with Crippen molar-refractivity contribution in [2.45, 2.75) is 6.92 Å². The van der Waals surface area contributed by atoms with Gasteiger partial charge >= 0.3 is 0 Å². The van der Waals surface area contributed by atoms with Gasteiger partial charge in [-0.05, 0) is 48.1 Å². The van der Waals surface area contributed by atoms with Crippen molar-refractivity contribution in [1.82, 2.24) is 10.7 Å². The molecule has 3 aromatic rings. The Labute approximate surface area is 183 Å². The van der Waals surface area contributed by atoms with Gasteiger partial charge in [0.1, 0.15) is 0 Å². The number of thiocarbonyl (C=S) groups is 1. The minimum atomic E-state index is -1.22. The first-order valence-electron chi connectivity index (χ1n) is 9.52. The fraction of sp³-hybridized carbons (Fsp3) is 0.0870. The number of hydrazone groups is 1. The number of carbonyl (C=O) groups is 3. The van der Waals surface area contributed by atoms with Crippen LogP contribution in [-0.2, 0) is 9.59 Å². The van der Waals surface area contributed by atoms with Crippen LogP contribution in [0.25, 0.3) is 10.8 Å². The van der Waals surface area contributed by atoms with E-state index in [-0.39, 0.29) is 5.11 Å². The van der Waals surface area contributed by atoms with E-state index in [9.17, 15) is 14.4 Å². The fourth-order valence-corrected chi connectivity index (χ4v) is 3.61. The lowest BCUT2D eigenvalue weighted by atomic mass is 10.0. The first kappa shape index (κ1) is 20.4. The summed E-state index contributed by atoms with van der Waals surface area (Å²) in [5.41, 5.74) is 4.41. The monoisotopic (exact) mass is 430 g/mol. The van der Waals surface area contributed by atoms with Crippen molar-refractivity contribution < 1.29 is 14.4 Å². The molecule has 0 aromatic heterocycles. The van der Waals surface area contributed by atoms with Gasteiger partial charge in [-0.15, -0.1) is 0 Å². The molecule has 0 spiro atoms. The summed E-state index contributed by atoms with van der Waals surface area (Å²) in [7, 11) is 0. The Morgan fingerprint density at radius 3 is 2.55 bits per heavy atom. The van der Waals surface area contributed by atoms with Crippen molar-refractivity contribution in [3.63, 3.8) is 0 Å². The van der Waals surface area contributed by atoms with Gasteiger partial charge in [-0.3, -0.25) is 19.3 Å². The molecule has 1 aliphatic rings. The van der Waals surface area contributed by atoms with E-state index in [0.29, 0.717) is 11.3 Å². The number of rotatable bonds is 4. The number of benzene rings is 3. The topological polar surface area (TPSA) is 90.9 Å². The summed E-state index contributed by atoms with van der Waals surface area (Å²) in [6.07, 6.45) is 1.11. The standard InChI is InChI=1S/C23H18N4O3S/c1-14-9-11-16(12-10-14)27-22(30)19(20(28)25-23(27)31)13-24-26-21(29)18-8-4-6-15-5-2-3-7-17(15)18/h2-13,19H,1H3,(H,26,29)(H,25,28,31)/b24-13+/t19-/m0/s1. The molecule has 4 rings (SSSR count). The number of nitrogens with one attached hydrogen (secondary N) is 2. The molecule has 2 N–H and O–H groups in total. The zero-order valence-electron chi connectivity index (χ0n) is 16.5. The number of nitrogens with zero attached hydrogens (tertiary/aromatic N) is 2. The van der Waals surface area contributed by atoms with E-state index in [0.717, 1.165) is 22.6 Å². The highest BCUT2D eigenvalue weighted by atomic mass is 32.1. The molecular formula is C23H18N4O3S. The third-order valence-electron chi connectivity index (χ3n) is 4.92. The quantitative estimate of drug-likeness (QED) is 0.288. The molecule has 154 valence electrons. The van der Waals surface area contributed by atoms with Gasteiger partial charge in [0.05, 0.1) is 5.69 Å². The van der Waals surface area contributed by atoms with E-state index >= 15 is 0 Å². The average molecular weight is 430 g/mol. The lowest BCUT2D eigenvalue weighted by Gasteiger charge is -2.30. The molecule has 1 aliphatic heterocycles. The Balaban J connectivity index is 1.53. The number of aryl methyl sites for hydroxylation is 1. The van der Waals surface area contributed by atoms with Crippen molar-refractivity contribution in [3.8, 4) is 0 Å². The molecule has 3 amide bonds. The first-order valence-corrected chi connectivity index (χ1v) is 9.93. The van der Waals surface area contributed by atoms with Gasteiger partial charge in [-0.1, -0.05) is 54.1 Å². The van der Waals surface area contributed by atoms with E-state index in [1.165, 1.54) is 4.90 Å². The molecule has 1 atom stereocenters. The van der Waals surface area contributed by atoms with Gasteiger partial charge < -0.3 is 5.32 Å². The van der Waals surface area contributed by atoms with Gasteiger partial charge in [0.25, 0.3) is 11.8 Å². The van der Waals surface area contributed by atoms with Crippen LogP contribution in [0.1, 0.15) is 15.9 Å². The van der Waals surface area contributed by atoms with Crippen molar-refractivity contribution in [3.05, 3.63) is 77.9 Å². The zero-order valence-corrected chi connectivity index (χ0v) is 17.3. The highest BCUT2D eigenvalue weighted by Gasteiger charge is 2.38.